The molecule has 0 aliphatic carbocycles. The highest BCUT2D eigenvalue weighted by Crippen LogP contribution is 2.28. The van der Waals surface area contributed by atoms with E-state index >= 15 is 0 Å². The number of halogens is 1. The number of benzene rings is 2. The lowest BCUT2D eigenvalue weighted by Crippen LogP contribution is -2.24. The van der Waals surface area contributed by atoms with Crippen LogP contribution in [0.5, 0.6) is 5.75 Å². The number of fused-ring (bicyclic) bond motifs is 1. The van der Waals surface area contributed by atoms with Gasteiger partial charge in [-0.15, -0.1) is 5.10 Å². The molecule has 1 amide bonds. The highest BCUT2D eigenvalue weighted by Gasteiger charge is 2.27. The molecule has 1 atom stereocenters. The predicted molar refractivity (Wildman–Crippen MR) is 103 cm³/mol. The Labute approximate surface area is 164 Å². The number of methoxy groups -OCH3 is 1. The number of carbonyl (C=O) groups is 1. The number of ether oxygens (including phenoxy) is 2. The van der Waals surface area contributed by atoms with Gasteiger partial charge >= 0.3 is 0 Å². The number of aromatic nitrogens is 3. The van der Waals surface area contributed by atoms with E-state index in [1.54, 1.807) is 11.8 Å². The topological polar surface area (TPSA) is 78.3 Å². The molecule has 1 aliphatic rings. The first-order chi connectivity index (χ1) is 13.1. The number of hydrogen-bond acceptors (Lipinski definition) is 5. The minimum Gasteiger partial charge on any atom is -0.497 e. The highest BCUT2D eigenvalue weighted by molar-refractivity contribution is 9.10. The summed E-state index contributed by atoms with van der Waals surface area (Å²) in [5, 5.41) is 11.0. The molecule has 4 rings (SSSR count). The van der Waals surface area contributed by atoms with Crippen molar-refractivity contribution in [1.29, 1.82) is 0 Å². The van der Waals surface area contributed by atoms with Crippen LogP contribution in [-0.2, 0) is 17.9 Å². The van der Waals surface area contributed by atoms with Crippen LogP contribution in [0.4, 0.5) is 5.69 Å². The van der Waals surface area contributed by atoms with E-state index in [0.717, 1.165) is 15.8 Å². The zero-order chi connectivity index (χ0) is 18.8. The zero-order valence-corrected chi connectivity index (χ0v) is 16.1. The Kier molecular flexibility index (Phi) is 4.91. The molecule has 138 valence electrons. The number of nitrogens with zero attached hydrogens (tertiary/aromatic N) is 3. The Balaban J connectivity index is 1.49. The summed E-state index contributed by atoms with van der Waals surface area (Å²) in [6.45, 7) is 0.771. The van der Waals surface area contributed by atoms with Gasteiger partial charge < -0.3 is 14.8 Å². The van der Waals surface area contributed by atoms with E-state index in [1.807, 2.05) is 48.5 Å². The fourth-order valence-electron chi connectivity index (χ4n) is 2.93. The van der Waals surface area contributed by atoms with E-state index in [2.05, 4.69) is 31.6 Å². The first-order valence-electron chi connectivity index (χ1n) is 8.39. The Hall–Kier alpha value is -2.71. The van der Waals surface area contributed by atoms with E-state index < -0.39 is 0 Å². The lowest BCUT2D eigenvalue weighted by Gasteiger charge is -2.24. The van der Waals surface area contributed by atoms with Crippen molar-refractivity contribution >= 4 is 27.5 Å². The quantitative estimate of drug-likeness (QED) is 0.686. The summed E-state index contributed by atoms with van der Waals surface area (Å²) < 4.78 is 13.8. The largest absolute Gasteiger partial charge is 0.497 e. The molecule has 1 aliphatic heterocycles. The molecule has 0 unspecified atom stereocenters. The molecule has 0 bridgehead atoms. The van der Waals surface area contributed by atoms with Crippen molar-refractivity contribution in [2.45, 2.75) is 19.3 Å². The van der Waals surface area contributed by atoms with E-state index in [-0.39, 0.29) is 24.3 Å². The second kappa shape index (κ2) is 7.50. The minimum absolute atomic E-state index is 0.146. The van der Waals surface area contributed by atoms with Gasteiger partial charge in [-0.2, -0.15) is 0 Å². The SMILES string of the molecule is COc1ccc([C@@H]2Cn3nnc(C(=O)Nc4ccc(Br)cc4)c3CO2)cc1. The standard InChI is InChI=1S/C19H17BrN4O3/c1-26-15-8-2-12(3-9-15)17-10-24-16(11-27-17)18(22-23-24)19(25)21-14-6-4-13(20)5-7-14/h2-9,17H,10-11H2,1H3,(H,21,25)/t17-/m0/s1. The first-order valence-corrected chi connectivity index (χ1v) is 9.18. The van der Waals surface area contributed by atoms with Gasteiger partial charge in [0.15, 0.2) is 5.69 Å². The number of rotatable bonds is 4. The first kappa shape index (κ1) is 17.7. The van der Waals surface area contributed by atoms with Crippen molar-refractivity contribution in [2.24, 2.45) is 0 Å². The molecular formula is C19H17BrN4O3. The Bertz CT molecular complexity index is 954. The van der Waals surface area contributed by atoms with Gasteiger partial charge in [-0.3, -0.25) is 4.79 Å². The van der Waals surface area contributed by atoms with Crippen LogP contribution in [-0.4, -0.2) is 28.0 Å². The average Bonchev–Trinajstić information content (AvgIpc) is 3.13. The molecular weight excluding hydrogens is 412 g/mol. The van der Waals surface area contributed by atoms with Gasteiger partial charge in [0.05, 0.1) is 26.0 Å². The van der Waals surface area contributed by atoms with Crippen LogP contribution in [0.3, 0.4) is 0 Å². The maximum atomic E-state index is 12.5. The van der Waals surface area contributed by atoms with E-state index in [9.17, 15) is 4.79 Å². The van der Waals surface area contributed by atoms with Gasteiger partial charge in [-0.1, -0.05) is 33.3 Å². The lowest BCUT2D eigenvalue weighted by molar-refractivity contribution is -0.00173. The number of nitrogens with one attached hydrogen (secondary N) is 1. The van der Waals surface area contributed by atoms with Crippen molar-refractivity contribution in [2.75, 3.05) is 12.4 Å². The van der Waals surface area contributed by atoms with Crippen LogP contribution >= 0.6 is 15.9 Å². The summed E-state index contributed by atoms with van der Waals surface area (Å²) in [6, 6.07) is 15.1. The number of carbonyl (C=O) groups excluding carboxylic acids is 1. The third-order valence-electron chi connectivity index (χ3n) is 4.40. The molecule has 2 heterocycles. The molecule has 1 aromatic heterocycles. The molecule has 0 fully saturated rings. The van der Waals surface area contributed by atoms with Crippen molar-refractivity contribution in [3.63, 3.8) is 0 Å². The molecule has 0 radical (unpaired) electrons. The summed E-state index contributed by atoms with van der Waals surface area (Å²) >= 11 is 3.37. The molecule has 0 saturated carbocycles. The van der Waals surface area contributed by atoms with Gasteiger partial charge in [0.2, 0.25) is 0 Å². The summed E-state index contributed by atoms with van der Waals surface area (Å²) in [5.74, 6) is 0.493. The summed E-state index contributed by atoms with van der Waals surface area (Å²) in [4.78, 5) is 12.5. The maximum Gasteiger partial charge on any atom is 0.278 e. The maximum absolute atomic E-state index is 12.5. The zero-order valence-electron chi connectivity index (χ0n) is 14.6. The van der Waals surface area contributed by atoms with Crippen LogP contribution in [0.1, 0.15) is 27.8 Å². The van der Waals surface area contributed by atoms with Crippen LogP contribution in [0.2, 0.25) is 0 Å². The molecule has 27 heavy (non-hydrogen) atoms. The van der Waals surface area contributed by atoms with Gasteiger partial charge in [0, 0.05) is 10.2 Å². The van der Waals surface area contributed by atoms with E-state index in [0.29, 0.717) is 17.9 Å². The fourth-order valence-corrected chi connectivity index (χ4v) is 3.20. The molecule has 0 saturated heterocycles. The average molecular weight is 429 g/mol. The normalized spacial score (nSPS) is 15.9. The molecule has 3 aromatic rings. The lowest BCUT2D eigenvalue weighted by atomic mass is 10.1. The van der Waals surface area contributed by atoms with Crippen LogP contribution in [0.15, 0.2) is 53.0 Å². The number of amides is 1. The van der Waals surface area contributed by atoms with Gasteiger partial charge in [0.1, 0.15) is 11.9 Å². The van der Waals surface area contributed by atoms with E-state index in [4.69, 9.17) is 9.47 Å². The highest BCUT2D eigenvalue weighted by atomic mass is 79.9. The molecule has 2 aromatic carbocycles. The number of anilines is 1. The molecule has 7 nitrogen and oxygen atoms in total. The predicted octanol–water partition coefficient (Wildman–Crippen LogP) is 3.57. The molecule has 0 spiro atoms. The smallest absolute Gasteiger partial charge is 0.278 e. The Morgan fingerprint density at radius 1 is 1.22 bits per heavy atom. The van der Waals surface area contributed by atoms with Crippen molar-refractivity contribution in [3.8, 4) is 5.75 Å². The van der Waals surface area contributed by atoms with Crippen LogP contribution < -0.4 is 10.1 Å². The summed E-state index contributed by atoms with van der Waals surface area (Å²) in [7, 11) is 1.63. The Morgan fingerprint density at radius 2 is 1.96 bits per heavy atom. The monoisotopic (exact) mass is 428 g/mol. The summed E-state index contributed by atoms with van der Waals surface area (Å²) in [5.41, 5.74) is 2.68. The third-order valence-corrected chi connectivity index (χ3v) is 4.93. The van der Waals surface area contributed by atoms with E-state index in [1.165, 1.54) is 0 Å². The Morgan fingerprint density at radius 3 is 2.67 bits per heavy atom. The second-order valence-corrected chi connectivity index (χ2v) is 7.02. The molecule has 8 heteroatoms. The van der Waals surface area contributed by atoms with Crippen LogP contribution in [0, 0.1) is 0 Å². The van der Waals surface area contributed by atoms with Crippen molar-refractivity contribution < 1.29 is 14.3 Å². The van der Waals surface area contributed by atoms with Crippen LogP contribution in [0.25, 0.3) is 0 Å². The van der Waals surface area contributed by atoms with Crippen molar-refractivity contribution in [3.05, 3.63) is 70.0 Å². The van der Waals surface area contributed by atoms with Gasteiger partial charge in [-0.25, -0.2) is 4.68 Å². The van der Waals surface area contributed by atoms with Crippen molar-refractivity contribution in [1.82, 2.24) is 15.0 Å². The summed E-state index contributed by atoms with van der Waals surface area (Å²) in [6.07, 6.45) is -0.146. The minimum atomic E-state index is -0.301. The molecule has 1 N–H and O–H groups in total. The van der Waals surface area contributed by atoms with Gasteiger partial charge in [-0.05, 0) is 42.0 Å². The second-order valence-electron chi connectivity index (χ2n) is 6.10. The third kappa shape index (κ3) is 3.72. The fraction of sp³-hybridized carbons (Fsp3) is 0.211. The van der Waals surface area contributed by atoms with Gasteiger partial charge in [0.25, 0.3) is 5.91 Å². The number of hydrogen-bond donors (Lipinski definition) is 1.